The topological polar surface area (TPSA) is 149 Å². The van der Waals surface area contributed by atoms with Crippen molar-refractivity contribution in [3.8, 4) is 11.1 Å². The summed E-state index contributed by atoms with van der Waals surface area (Å²) in [5, 5.41) is 11.9. The molecule has 2 aromatic heterocycles. The minimum absolute atomic E-state index is 0.0104. The number of hydrogen-bond acceptors (Lipinski definition) is 10. The molecule has 5 aliphatic heterocycles. The number of hydrogen-bond donors (Lipinski definition) is 1. The van der Waals surface area contributed by atoms with Gasteiger partial charge in [0, 0.05) is 119 Å². The third-order valence-corrected chi connectivity index (χ3v) is 14.6. The smallest absolute Gasteiger partial charge is 0.264 e. The van der Waals surface area contributed by atoms with Gasteiger partial charge in [0.2, 0.25) is 23.6 Å². The average Bonchev–Trinajstić information content (AvgIpc) is 3.96. The van der Waals surface area contributed by atoms with Crippen molar-refractivity contribution in [3.63, 3.8) is 0 Å². The number of imide groups is 2. The van der Waals surface area contributed by atoms with E-state index < -0.39 is 36.1 Å². The molecule has 3 aromatic rings. The molecule has 0 radical (unpaired) electrons. The molecule has 7 heterocycles. The average molecular weight is 865 g/mol. The summed E-state index contributed by atoms with van der Waals surface area (Å²) in [6, 6.07) is 2.51. The quantitative estimate of drug-likeness (QED) is 0.327. The number of nitrogens with one attached hydrogen (secondary N) is 1. The molecule has 17 heteroatoms. The predicted molar refractivity (Wildman–Crippen MR) is 227 cm³/mol. The molecule has 3 unspecified atom stereocenters. The zero-order valence-electron chi connectivity index (χ0n) is 35.8. The number of fused-ring (bicyclic) bond motifs is 3. The van der Waals surface area contributed by atoms with Gasteiger partial charge in [-0.05, 0) is 74.1 Å². The highest BCUT2D eigenvalue weighted by atomic mass is 19.3. The van der Waals surface area contributed by atoms with Crippen LogP contribution in [0, 0.1) is 11.8 Å². The van der Waals surface area contributed by atoms with E-state index in [0.717, 1.165) is 104 Å². The Morgan fingerprint density at radius 1 is 0.952 bits per heavy atom. The number of alkyl halides is 2. The van der Waals surface area contributed by atoms with E-state index in [0.29, 0.717) is 48.7 Å². The molecular weight excluding hydrogens is 811 g/mol. The molecule has 3 saturated heterocycles. The number of amides is 5. The lowest BCUT2D eigenvalue weighted by Gasteiger charge is -2.42. The number of piperazine rings is 1. The van der Waals surface area contributed by atoms with E-state index in [2.05, 4.69) is 29.8 Å². The van der Waals surface area contributed by atoms with Crippen LogP contribution in [0.5, 0.6) is 0 Å². The van der Waals surface area contributed by atoms with Crippen LogP contribution in [0.15, 0.2) is 48.3 Å². The van der Waals surface area contributed by atoms with E-state index in [9.17, 15) is 32.8 Å². The number of carbonyl (C=O) groups is 5. The maximum Gasteiger partial charge on any atom is 0.264 e. The van der Waals surface area contributed by atoms with Gasteiger partial charge in [-0.1, -0.05) is 18.2 Å². The van der Waals surface area contributed by atoms with Gasteiger partial charge in [0.15, 0.2) is 5.82 Å². The summed E-state index contributed by atoms with van der Waals surface area (Å²) in [6.45, 7) is 7.46. The van der Waals surface area contributed by atoms with Gasteiger partial charge in [0.1, 0.15) is 6.04 Å². The predicted octanol–water partition coefficient (Wildman–Crippen LogP) is 4.21. The van der Waals surface area contributed by atoms with Crippen LogP contribution in [0.4, 0.5) is 20.3 Å². The van der Waals surface area contributed by atoms with E-state index in [1.54, 1.807) is 43.2 Å². The van der Waals surface area contributed by atoms with Gasteiger partial charge in [-0.15, -0.1) is 0 Å². The highest BCUT2D eigenvalue weighted by molar-refractivity contribution is 6.18. The first-order valence-corrected chi connectivity index (χ1v) is 22.6. The largest absolute Gasteiger partial charge is 0.338 e. The highest BCUT2D eigenvalue weighted by Crippen LogP contribution is 2.45. The monoisotopic (exact) mass is 864 g/mol. The number of carbonyl (C=O) groups excluding carboxylic acids is 5. The summed E-state index contributed by atoms with van der Waals surface area (Å²) < 4.78 is 33.3. The van der Waals surface area contributed by atoms with Crippen LogP contribution in [-0.4, -0.2) is 127 Å². The third-order valence-electron chi connectivity index (χ3n) is 14.6. The van der Waals surface area contributed by atoms with Crippen LogP contribution in [0.25, 0.3) is 11.1 Å². The molecule has 4 fully saturated rings. The minimum atomic E-state index is -2.67. The van der Waals surface area contributed by atoms with Crippen LogP contribution in [0.3, 0.4) is 0 Å². The Labute approximate surface area is 364 Å². The van der Waals surface area contributed by atoms with Gasteiger partial charge in [0.25, 0.3) is 12.3 Å². The molecule has 332 valence electrons. The number of allylic oxidation sites excluding steroid dienone is 2. The van der Waals surface area contributed by atoms with E-state index >= 15 is 0 Å². The standard InChI is InChI=1S/C46H54F2N10O5/c1-27(59)55-16-14-36-35(26-55)43(56-15-4-5-29-21-33(30-23-49-52(2)25-30)34(42(47)48)22-39(29)56)51-58(36)31-10-8-28(9-11-31)24-53-17-19-54(20-18-53)37-7-3-6-32-41(37)46(63)57(45(32)62)38-12-13-40(60)50-44(38)61/h3,6-7,21-23,25,28,31,37-38,41-42H,4-5,8-20,24,26H2,1-2H3,(H,50,60,61). The van der Waals surface area contributed by atoms with Crippen molar-refractivity contribution in [1.29, 1.82) is 0 Å². The van der Waals surface area contributed by atoms with E-state index in [4.69, 9.17) is 5.10 Å². The van der Waals surface area contributed by atoms with Gasteiger partial charge in [-0.25, -0.2) is 8.78 Å². The number of rotatable bonds is 8. The summed E-state index contributed by atoms with van der Waals surface area (Å²) in [7, 11) is 1.78. The summed E-state index contributed by atoms with van der Waals surface area (Å²) in [6.07, 6.45) is 12.8. The number of aryl methyl sites for hydroxylation is 2. The fourth-order valence-electron chi connectivity index (χ4n) is 11.4. The molecule has 3 atom stereocenters. The van der Waals surface area contributed by atoms with Crippen molar-refractivity contribution in [2.45, 2.75) is 95.8 Å². The van der Waals surface area contributed by atoms with Crippen molar-refractivity contribution in [3.05, 3.63) is 70.7 Å². The van der Waals surface area contributed by atoms with Crippen LogP contribution in [-0.2, 0) is 50.4 Å². The van der Waals surface area contributed by atoms with Crippen LogP contribution in [0.2, 0.25) is 0 Å². The third kappa shape index (κ3) is 7.49. The maximum absolute atomic E-state index is 14.7. The van der Waals surface area contributed by atoms with Crippen molar-refractivity contribution in [1.82, 2.24) is 44.5 Å². The van der Waals surface area contributed by atoms with E-state index in [-0.39, 0.29) is 42.3 Å². The maximum atomic E-state index is 14.7. The Kier molecular flexibility index (Phi) is 10.9. The molecule has 15 nitrogen and oxygen atoms in total. The number of anilines is 2. The molecule has 5 amide bonds. The fourth-order valence-corrected chi connectivity index (χ4v) is 11.4. The lowest BCUT2D eigenvalue weighted by atomic mass is 9.85. The molecule has 10 rings (SSSR count). The van der Waals surface area contributed by atoms with Gasteiger partial charge in [-0.3, -0.25) is 48.5 Å². The second kappa shape index (κ2) is 16.5. The summed E-state index contributed by atoms with van der Waals surface area (Å²) in [5.74, 6) is -1.16. The Hall–Kier alpha value is -5.55. The first-order chi connectivity index (χ1) is 30.4. The van der Waals surface area contributed by atoms with Crippen molar-refractivity contribution >= 4 is 41.0 Å². The Bertz CT molecular complexity index is 2420. The minimum Gasteiger partial charge on any atom is -0.338 e. The Morgan fingerprint density at radius 2 is 1.75 bits per heavy atom. The van der Waals surface area contributed by atoms with Crippen LogP contribution < -0.4 is 10.2 Å². The van der Waals surface area contributed by atoms with Crippen LogP contribution >= 0.6 is 0 Å². The number of halogens is 2. The Balaban J connectivity index is 0.807. The summed E-state index contributed by atoms with van der Waals surface area (Å²) in [4.78, 5) is 74.2. The van der Waals surface area contributed by atoms with Crippen molar-refractivity contribution in [2.75, 3.05) is 50.7 Å². The van der Waals surface area contributed by atoms with Gasteiger partial charge in [0.05, 0.1) is 24.7 Å². The lowest BCUT2D eigenvalue weighted by molar-refractivity contribution is -0.151. The van der Waals surface area contributed by atoms with Gasteiger partial charge < -0.3 is 14.7 Å². The fraction of sp³-hybridized carbons (Fsp3) is 0.543. The number of likely N-dealkylation sites (tertiary alicyclic amines) is 1. The molecule has 1 aromatic carbocycles. The SMILES string of the molecule is CC(=O)N1CCc2c(c(N3CCCc4cc(-c5cnn(C)c5)c(C(F)F)cc43)nn2C2CCC(CN3CCN(C4C=CC=C5C(=O)N(C6CCC(=O)NC6=O)C(=O)C54)CC3)CC2)C1. The summed E-state index contributed by atoms with van der Waals surface area (Å²) in [5.41, 5.74) is 5.48. The second-order valence-corrected chi connectivity index (χ2v) is 18.4. The van der Waals surface area contributed by atoms with Crippen LogP contribution in [0.1, 0.15) is 86.7 Å². The summed E-state index contributed by atoms with van der Waals surface area (Å²) >= 11 is 0. The van der Waals surface area contributed by atoms with Crippen molar-refractivity contribution in [2.24, 2.45) is 18.9 Å². The van der Waals surface area contributed by atoms with E-state index in [1.165, 1.54) is 0 Å². The molecular formula is C46H54F2N10O5. The highest BCUT2D eigenvalue weighted by Gasteiger charge is 2.53. The number of piperidine rings is 1. The van der Waals surface area contributed by atoms with Gasteiger partial charge >= 0.3 is 0 Å². The molecule has 63 heavy (non-hydrogen) atoms. The van der Waals surface area contributed by atoms with Gasteiger partial charge in [-0.2, -0.15) is 10.2 Å². The number of nitrogens with zero attached hydrogens (tertiary/aromatic N) is 9. The molecule has 0 spiro atoms. The normalized spacial score (nSPS) is 26.8. The molecule has 1 saturated carbocycles. The molecule has 2 aliphatic carbocycles. The molecule has 1 N–H and O–H groups in total. The molecule has 7 aliphatic rings. The number of benzene rings is 1. The van der Waals surface area contributed by atoms with E-state index in [1.807, 2.05) is 23.1 Å². The second-order valence-electron chi connectivity index (χ2n) is 18.4. The zero-order valence-corrected chi connectivity index (χ0v) is 35.8. The van der Waals surface area contributed by atoms with Crippen molar-refractivity contribution < 1.29 is 32.8 Å². The molecule has 0 bridgehead atoms. The first kappa shape index (κ1) is 41.5. The first-order valence-electron chi connectivity index (χ1n) is 22.6. The Morgan fingerprint density at radius 3 is 2.46 bits per heavy atom. The zero-order chi connectivity index (χ0) is 43.7. The number of aromatic nitrogens is 4. The lowest BCUT2D eigenvalue weighted by Crippen LogP contribution is -2.56.